The van der Waals surface area contributed by atoms with E-state index < -0.39 is 104 Å². The number of hydrogen-bond acceptors (Lipinski definition) is 16. The predicted octanol–water partition coefficient (Wildman–Crippen LogP) is 3.12. The van der Waals surface area contributed by atoms with Crippen LogP contribution in [0.15, 0.2) is 84.6 Å². The Morgan fingerprint density at radius 1 is 0.560 bits per heavy atom. The molecule has 13 N–H and O–H groups in total. The lowest BCUT2D eigenvalue weighted by Gasteiger charge is -2.27. The Bertz CT molecular complexity index is 3030. The summed E-state index contributed by atoms with van der Waals surface area (Å²) in [6, 6.07) is 8.17. The first kappa shape index (κ1) is 75.2. The minimum Gasteiger partial charge on any atom is -0.481 e. The topological polar surface area (TPSA) is 400 Å². The lowest BCUT2D eigenvalue weighted by Crippen LogP contribution is -2.59. The highest BCUT2D eigenvalue weighted by atomic mass is 32.2. The van der Waals surface area contributed by atoms with E-state index in [1.54, 1.807) is 0 Å². The number of nitrogens with zero attached hydrogens (tertiary/aromatic N) is 2. The number of hydrogen-bond donors (Lipinski definition) is 13. The van der Waals surface area contributed by atoms with Gasteiger partial charge in [-0.15, -0.1) is 0 Å². The number of aliphatic hydroxyl groups is 3. The zero-order valence-electron chi connectivity index (χ0n) is 52.4. The fourth-order valence-corrected chi connectivity index (χ4v) is 11.1. The summed E-state index contributed by atoms with van der Waals surface area (Å²) in [5.74, 6) is -8.15. The van der Waals surface area contributed by atoms with Crippen LogP contribution in [-0.2, 0) is 58.8 Å². The van der Waals surface area contributed by atoms with Crippen LogP contribution in [0.1, 0.15) is 136 Å². The summed E-state index contributed by atoms with van der Waals surface area (Å²) in [7, 11) is 0. The molecule has 91 heavy (non-hydrogen) atoms. The molecule has 498 valence electrons. The summed E-state index contributed by atoms with van der Waals surface area (Å²) < 4.78 is 2.33. The fourth-order valence-electron chi connectivity index (χ4n) is 10.7. The van der Waals surface area contributed by atoms with Crippen molar-refractivity contribution in [2.75, 3.05) is 56.7 Å². The van der Waals surface area contributed by atoms with Crippen molar-refractivity contribution >= 4 is 93.2 Å². The molecule has 2 aliphatic heterocycles. The number of unbranched alkanes of at least 4 members (excludes halogenated alkanes) is 5. The first-order chi connectivity index (χ1) is 43.3. The third-order valence-corrected chi connectivity index (χ3v) is 16.4. The Hall–Kier alpha value is -8.27. The largest absolute Gasteiger partial charge is 0.481 e. The number of rotatable bonds is 41. The first-order valence-electron chi connectivity index (χ1n) is 30.6. The standard InChI is InChI=1S/C64H89N9O17S/c1-41(77)91-40-55(80)67-48(38-75)58(84)69-49(39-76)59(85)68-47(37-74)57(83)66-34-32-42(78)21-9-7-19-35-72-50-25-15-13-22-43(50)63(2,3)52(72)27-10-6-11-28-53-64(4,5)44-23-14-16-26-51(44)73(53)36-20-8-12-29-54(79)65-33-18-17-24-45(60(86)87)70-62(90)71-46(61(88)89)30-31-56(81)82/h6,10-11,13-16,22-23,25-28,45-49,74-76H,7-9,12,17-21,24,29-40H2,1-5H3,(H9-,65,66,67,68,69,70,71,79,80,81,82,83,84,85,86,87,88,89,90)/p+1/t45-,46-,47+,48+,49+/m0/s1. The van der Waals surface area contributed by atoms with Gasteiger partial charge < -0.3 is 72.8 Å². The van der Waals surface area contributed by atoms with Gasteiger partial charge in [0.05, 0.1) is 31.0 Å². The number of anilines is 1. The van der Waals surface area contributed by atoms with Crippen LogP contribution in [-0.4, -0.2) is 187 Å². The van der Waals surface area contributed by atoms with E-state index in [1.165, 1.54) is 18.1 Å². The third kappa shape index (κ3) is 23.8. The highest BCUT2D eigenvalue weighted by molar-refractivity contribution is 8.14. The number of allylic oxidation sites excluding steroid dienone is 6. The number of carbonyl (C=O) groups is 11. The molecular formula is C64H90N9O17S+. The van der Waals surface area contributed by atoms with Crippen molar-refractivity contribution in [3.8, 4) is 0 Å². The van der Waals surface area contributed by atoms with Crippen LogP contribution >= 0.6 is 11.8 Å². The van der Waals surface area contributed by atoms with Gasteiger partial charge in [0.1, 0.15) is 42.5 Å². The van der Waals surface area contributed by atoms with Crippen LogP contribution in [0, 0.1) is 0 Å². The summed E-state index contributed by atoms with van der Waals surface area (Å²) in [4.78, 5) is 136. The van der Waals surface area contributed by atoms with Crippen molar-refractivity contribution in [1.82, 2.24) is 37.2 Å². The molecule has 2 heterocycles. The summed E-state index contributed by atoms with van der Waals surface area (Å²) in [6.45, 7) is 9.12. The van der Waals surface area contributed by atoms with Gasteiger partial charge in [0.15, 0.2) is 10.8 Å². The van der Waals surface area contributed by atoms with Crippen molar-refractivity contribution in [2.24, 2.45) is 0 Å². The molecule has 7 amide bonds. The van der Waals surface area contributed by atoms with E-state index in [-0.39, 0.29) is 65.6 Å². The van der Waals surface area contributed by atoms with Gasteiger partial charge in [0, 0.05) is 93.2 Å². The number of Topliss-reactive ketones (excluding diaryl/α,β-unsaturated/α-hetero) is 1. The second-order valence-electron chi connectivity index (χ2n) is 23.2. The van der Waals surface area contributed by atoms with E-state index in [1.807, 2.05) is 30.3 Å². The van der Waals surface area contributed by atoms with Gasteiger partial charge in [-0.25, -0.2) is 14.4 Å². The molecule has 0 spiro atoms. The van der Waals surface area contributed by atoms with Crippen molar-refractivity contribution < 1.29 is 88.0 Å². The second-order valence-corrected chi connectivity index (χ2v) is 24.4. The third-order valence-electron chi connectivity index (χ3n) is 15.6. The van der Waals surface area contributed by atoms with Gasteiger partial charge in [0.25, 0.3) is 0 Å². The molecule has 27 heteroatoms. The normalized spacial score (nSPS) is 15.8. The maximum atomic E-state index is 12.9. The summed E-state index contributed by atoms with van der Waals surface area (Å²) in [5, 5.41) is 73.0. The highest BCUT2D eigenvalue weighted by Crippen LogP contribution is 2.48. The van der Waals surface area contributed by atoms with Crippen molar-refractivity contribution in [2.45, 2.75) is 166 Å². The number of fused-ring (bicyclic) bond motifs is 2. The summed E-state index contributed by atoms with van der Waals surface area (Å²) in [5.41, 5.74) is 6.35. The summed E-state index contributed by atoms with van der Waals surface area (Å²) in [6.07, 6.45) is 15.4. The molecule has 2 aromatic rings. The van der Waals surface area contributed by atoms with E-state index in [2.05, 4.69) is 123 Å². The van der Waals surface area contributed by atoms with Gasteiger partial charge in [-0.3, -0.25) is 38.4 Å². The summed E-state index contributed by atoms with van der Waals surface area (Å²) >= 11 is 0.685. The molecule has 0 saturated heterocycles. The number of carboxylic acid groups (broad SMARTS) is 3. The van der Waals surface area contributed by atoms with Gasteiger partial charge in [-0.05, 0) is 82.9 Å². The maximum Gasteiger partial charge on any atom is 0.326 e. The number of aliphatic carboxylic acids is 3. The number of para-hydroxylation sites is 2. The number of carboxylic acids is 3. The Balaban J connectivity index is 1.24. The van der Waals surface area contributed by atoms with Crippen LogP contribution in [0.3, 0.4) is 0 Å². The smallest absolute Gasteiger partial charge is 0.326 e. The van der Waals surface area contributed by atoms with Gasteiger partial charge >= 0.3 is 23.9 Å². The predicted molar refractivity (Wildman–Crippen MR) is 340 cm³/mol. The van der Waals surface area contributed by atoms with E-state index in [0.717, 1.165) is 55.0 Å². The average molecular weight is 1290 g/mol. The molecule has 0 aromatic heterocycles. The molecular weight excluding hydrogens is 1200 g/mol. The monoisotopic (exact) mass is 1290 g/mol. The highest BCUT2D eigenvalue weighted by Gasteiger charge is 2.44. The second kappa shape index (κ2) is 37.8. The molecule has 2 aliphatic rings. The van der Waals surface area contributed by atoms with E-state index >= 15 is 0 Å². The molecule has 0 bridgehead atoms. The number of ketones is 1. The number of amides is 7. The van der Waals surface area contributed by atoms with Gasteiger partial charge in [-0.2, -0.15) is 4.58 Å². The van der Waals surface area contributed by atoms with Gasteiger partial charge in [0.2, 0.25) is 35.2 Å². The Labute approximate surface area is 534 Å². The first-order valence-corrected chi connectivity index (χ1v) is 31.6. The van der Waals surface area contributed by atoms with Crippen LogP contribution in [0.25, 0.3) is 0 Å². The molecule has 0 unspecified atom stereocenters. The number of thioether (sulfide) groups is 1. The number of benzene rings is 2. The molecule has 4 rings (SSSR count). The SMILES string of the molecule is CC(=O)SCC(=O)N[C@H](CO)C(=O)N[C@H](CO)C(=O)N[C@H](CO)C(=O)NCCC(=O)CCCCC[N+]1=C(C=CC=CC=C2N(CCCCCC(=O)NCCCC[C@H](NC(=O)N[C@@H](CCC(=O)O)C(=O)O)C(=O)O)c3ccccc3C2(C)C)C(C)(C)c2ccccc21. The minimum atomic E-state index is -1.62. The van der Waals surface area contributed by atoms with Crippen LogP contribution < -0.4 is 42.1 Å². The molecule has 0 fully saturated rings. The molecule has 0 aliphatic carbocycles. The Kier molecular flexibility index (Phi) is 31.2. The number of nitrogens with one attached hydrogen (secondary N) is 7. The zero-order valence-corrected chi connectivity index (χ0v) is 53.2. The molecule has 5 atom stereocenters. The van der Waals surface area contributed by atoms with E-state index in [0.29, 0.717) is 57.0 Å². The lowest BCUT2D eigenvalue weighted by atomic mass is 9.81. The van der Waals surface area contributed by atoms with Crippen LogP contribution in [0.5, 0.6) is 0 Å². The Morgan fingerprint density at radius 2 is 1.15 bits per heavy atom. The number of carbonyl (C=O) groups excluding carboxylic acids is 8. The zero-order chi connectivity index (χ0) is 67.3. The fraction of sp³-hybridized carbons (Fsp3) is 0.531. The quantitative estimate of drug-likeness (QED) is 0.0258. The Morgan fingerprint density at radius 3 is 1.79 bits per heavy atom. The molecule has 26 nitrogen and oxygen atoms in total. The molecule has 0 saturated carbocycles. The van der Waals surface area contributed by atoms with E-state index in [9.17, 15) is 78.3 Å². The molecule has 0 radical (unpaired) electrons. The van der Waals surface area contributed by atoms with Crippen LogP contribution in [0.2, 0.25) is 0 Å². The average Bonchev–Trinajstić information content (AvgIpc) is 1.99. The van der Waals surface area contributed by atoms with Crippen LogP contribution in [0.4, 0.5) is 16.2 Å². The number of urea groups is 1. The van der Waals surface area contributed by atoms with Crippen molar-refractivity contribution in [1.29, 1.82) is 0 Å². The van der Waals surface area contributed by atoms with Crippen molar-refractivity contribution in [3.05, 3.63) is 95.7 Å². The molecule has 2 aromatic carbocycles. The minimum absolute atomic E-state index is 0.00265. The lowest BCUT2D eigenvalue weighted by molar-refractivity contribution is -0.438. The van der Waals surface area contributed by atoms with Crippen molar-refractivity contribution in [3.63, 3.8) is 0 Å². The van der Waals surface area contributed by atoms with E-state index in [4.69, 9.17) is 5.11 Å². The van der Waals surface area contributed by atoms with Gasteiger partial charge in [-0.1, -0.05) is 86.7 Å². The maximum absolute atomic E-state index is 12.9. The number of aliphatic hydroxyl groups excluding tert-OH is 3.